The van der Waals surface area contributed by atoms with Crippen LogP contribution in [0, 0.1) is 0 Å². The van der Waals surface area contributed by atoms with Crippen molar-refractivity contribution in [2.75, 3.05) is 0 Å². The summed E-state index contributed by atoms with van der Waals surface area (Å²) in [6, 6.07) is 1.56. The van der Waals surface area contributed by atoms with Crippen LogP contribution in [-0.2, 0) is 0 Å². The molecule has 3 heteroatoms. The molecule has 1 heterocycles. The summed E-state index contributed by atoms with van der Waals surface area (Å²) in [6.07, 6.45) is 2.78. The largest absolute Gasteiger partial charge is 0.429 e. The highest BCUT2D eigenvalue weighted by atomic mass is 16.5. The molecule has 0 saturated heterocycles. The van der Waals surface area contributed by atoms with Crippen molar-refractivity contribution in [2.24, 2.45) is 0 Å². The molecule has 0 radical (unpaired) electrons. The third-order valence-corrected chi connectivity index (χ3v) is 1.08. The highest BCUT2D eigenvalue weighted by Crippen LogP contribution is 1.98. The molecular formula is C6H7NO2. The number of hydrogen-bond donors (Lipinski definition) is 1. The lowest BCUT2D eigenvalue weighted by Gasteiger charge is -1.84. The maximum Gasteiger partial charge on any atom is 0.161 e. The second-order valence-electron chi connectivity index (χ2n) is 1.84. The van der Waals surface area contributed by atoms with Crippen LogP contribution in [0.25, 0.3) is 0 Å². The molecule has 0 bridgehead atoms. The van der Waals surface area contributed by atoms with E-state index in [1.807, 2.05) is 0 Å². The van der Waals surface area contributed by atoms with E-state index < -0.39 is 0 Å². The van der Waals surface area contributed by atoms with E-state index >= 15 is 0 Å². The van der Waals surface area contributed by atoms with Crippen LogP contribution >= 0.6 is 0 Å². The summed E-state index contributed by atoms with van der Waals surface area (Å²) in [5.41, 5.74) is 0.525. The topological polar surface area (TPSA) is 42.2 Å². The quantitative estimate of drug-likeness (QED) is 0.448. The molecule has 3 nitrogen and oxygen atoms in total. The molecule has 0 atom stereocenters. The fraction of sp³-hybridized carbons (Fsp3) is 0.167. The van der Waals surface area contributed by atoms with Crippen molar-refractivity contribution in [3.8, 4) is 0 Å². The maximum absolute atomic E-state index is 10.5. The molecule has 1 aromatic rings. The summed E-state index contributed by atoms with van der Waals surface area (Å²) in [4.78, 5) is 10.5. The van der Waals surface area contributed by atoms with E-state index in [1.54, 1.807) is 6.07 Å². The van der Waals surface area contributed by atoms with E-state index in [-0.39, 0.29) is 5.78 Å². The minimum atomic E-state index is -0.0391. The summed E-state index contributed by atoms with van der Waals surface area (Å²) in [6.45, 7) is 1.45. The first kappa shape index (κ1) is 5.88. The minimum absolute atomic E-state index is 0.0391. The van der Waals surface area contributed by atoms with Gasteiger partial charge in [-0.05, 0) is 13.0 Å². The van der Waals surface area contributed by atoms with Gasteiger partial charge in [-0.1, -0.05) is 0 Å². The first-order chi connectivity index (χ1) is 4.20. The van der Waals surface area contributed by atoms with Crippen LogP contribution in [0.15, 0.2) is 18.5 Å². The van der Waals surface area contributed by atoms with Gasteiger partial charge in [0.2, 0.25) is 0 Å². The zero-order chi connectivity index (χ0) is 6.85. The molecule has 1 aromatic heterocycles. The Labute approximate surface area is 52.5 Å². The second kappa shape index (κ2) is 1.93. The summed E-state index contributed by atoms with van der Waals surface area (Å²) in [7, 11) is 0. The molecule has 48 valence electrons. The van der Waals surface area contributed by atoms with Gasteiger partial charge in [-0.3, -0.25) is 4.79 Å². The smallest absolute Gasteiger partial charge is 0.161 e. The Morgan fingerprint density at radius 2 is 2.44 bits per heavy atom. The third-order valence-electron chi connectivity index (χ3n) is 1.08. The van der Waals surface area contributed by atoms with Crippen LogP contribution in [0.3, 0.4) is 0 Å². The molecule has 0 amide bonds. The highest BCUT2D eigenvalue weighted by Gasteiger charge is 1.98. The highest BCUT2D eigenvalue weighted by molar-refractivity contribution is 5.93. The zero-order valence-electron chi connectivity index (χ0n) is 5.03. The van der Waals surface area contributed by atoms with Crippen molar-refractivity contribution in [3.05, 3.63) is 24.0 Å². The summed E-state index contributed by atoms with van der Waals surface area (Å²) < 4.78 is 0.858. The number of ketones is 1. The Morgan fingerprint density at radius 3 is 2.67 bits per heavy atom. The molecule has 0 fully saturated rings. The Morgan fingerprint density at radius 1 is 1.78 bits per heavy atom. The van der Waals surface area contributed by atoms with Gasteiger partial charge in [0.25, 0.3) is 0 Å². The molecule has 1 N–H and O–H groups in total. The lowest BCUT2D eigenvalue weighted by Crippen LogP contribution is -1.88. The maximum atomic E-state index is 10.5. The van der Waals surface area contributed by atoms with Crippen molar-refractivity contribution in [2.45, 2.75) is 6.92 Å². The van der Waals surface area contributed by atoms with Crippen molar-refractivity contribution in [1.29, 1.82) is 0 Å². The van der Waals surface area contributed by atoms with Gasteiger partial charge < -0.3 is 5.21 Å². The van der Waals surface area contributed by atoms with Gasteiger partial charge in [-0.25, -0.2) is 4.73 Å². The SMILES string of the molecule is CC(=O)c1ccn(O)c1. The summed E-state index contributed by atoms with van der Waals surface area (Å²) in [5, 5.41) is 8.67. The van der Waals surface area contributed by atoms with Crippen molar-refractivity contribution in [3.63, 3.8) is 0 Å². The number of aromatic nitrogens is 1. The van der Waals surface area contributed by atoms with Crippen LogP contribution < -0.4 is 0 Å². The van der Waals surface area contributed by atoms with Gasteiger partial charge in [-0.15, -0.1) is 0 Å². The van der Waals surface area contributed by atoms with Gasteiger partial charge >= 0.3 is 0 Å². The van der Waals surface area contributed by atoms with E-state index in [0.717, 1.165) is 4.73 Å². The number of nitrogens with zero attached hydrogens (tertiary/aromatic N) is 1. The molecule has 0 aromatic carbocycles. The number of carbonyl (C=O) groups is 1. The Hall–Kier alpha value is -1.25. The van der Waals surface area contributed by atoms with Crippen molar-refractivity contribution >= 4 is 5.78 Å². The van der Waals surface area contributed by atoms with Crippen LogP contribution in [-0.4, -0.2) is 15.7 Å². The average Bonchev–Trinajstić information content (AvgIpc) is 2.14. The molecule has 0 aliphatic carbocycles. The monoisotopic (exact) mass is 125 g/mol. The lowest BCUT2D eigenvalue weighted by atomic mass is 10.2. The standard InChI is InChI=1S/C6H7NO2/c1-5(8)6-2-3-7(9)4-6/h2-4,9H,1H3. The predicted molar refractivity (Wildman–Crippen MR) is 31.6 cm³/mol. The zero-order valence-corrected chi connectivity index (χ0v) is 5.03. The van der Waals surface area contributed by atoms with E-state index in [9.17, 15) is 4.79 Å². The van der Waals surface area contributed by atoms with E-state index in [0.29, 0.717) is 5.56 Å². The van der Waals surface area contributed by atoms with Gasteiger partial charge in [0, 0.05) is 11.8 Å². The lowest BCUT2D eigenvalue weighted by molar-refractivity contribution is 0.101. The molecule has 0 spiro atoms. The van der Waals surface area contributed by atoms with Gasteiger partial charge in [-0.2, -0.15) is 0 Å². The number of carbonyl (C=O) groups excluding carboxylic acids is 1. The third kappa shape index (κ3) is 1.10. The van der Waals surface area contributed by atoms with Gasteiger partial charge in [0.15, 0.2) is 5.78 Å². The van der Waals surface area contributed by atoms with Crippen LogP contribution in [0.1, 0.15) is 17.3 Å². The van der Waals surface area contributed by atoms with Crippen molar-refractivity contribution in [1.82, 2.24) is 4.73 Å². The summed E-state index contributed by atoms with van der Waals surface area (Å²) >= 11 is 0. The van der Waals surface area contributed by atoms with Crippen molar-refractivity contribution < 1.29 is 10.0 Å². The van der Waals surface area contributed by atoms with Crippen LogP contribution in [0.2, 0.25) is 0 Å². The van der Waals surface area contributed by atoms with E-state index in [2.05, 4.69) is 0 Å². The van der Waals surface area contributed by atoms with Gasteiger partial charge in [0.05, 0.1) is 6.20 Å². The molecular weight excluding hydrogens is 118 g/mol. The Balaban J connectivity index is 2.98. The van der Waals surface area contributed by atoms with Gasteiger partial charge in [0.1, 0.15) is 0 Å². The molecule has 0 aliphatic heterocycles. The van der Waals surface area contributed by atoms with Crippen LogP contribution in [0.5, 0.6) is 0 Å². The normalized spacial score (nSPS) is 9.44. The van der Waals surface area contributed by atoms with E-state index in [1.165, 1.54) is 19.3 Å². The molecule has 9 heavy (non-hydrogen) atoms. The average molecular weight is 125 g/mol. The number of Topliss-reactive ketones (excluding diaryl/α,β-unsaturated/α-hetero) is 1. The van der Waals surface area contributed by atoms with Crippen LogP contribution in [0.4, 0.5) is 0 Å². The molecule has 0 unspecified atom stereocenters. The minimum Gasteiger partial charge on any atom is -0.429 e. The number of hydrogen-bond acceptors (Lipinski definition) is 2. The molecule has 1 rings (SSSR count). The summed E-state index contributed by atoms with van der Waals surface area (Å²) in [5.74, 6) is -0.0391. The van der Waals surface area contributed by atoms with E-state index in [4.69, 9.17) is 5.21 Å². The number of rotatable bonds is 1. The Kier molecular flexibility index (Phi) is 1.26. The second-order valence-corrected chi connectivity index (χ2v) is 1.84. The first-order valence-electron chi connectivity index (χ1n) is 2.58. The fourth-order valence-electron chi connectivity index (χ4n) is 0.593. The first-order valence-corrected chi connectivity index (χ1v) is 2.58. The predicted octanol–water partition coefficient (Wildman–Crippen LogP) is 0.928. The molecule has 0 aliphatic rings. The Bertz CT molecular complexity index is 227. The molecule has 0 saturated carbocycles. The fourth-order valence-corrected chi connectivity index (χ4v) is 0.593.